The second-order valence-electron chi connectivity index (χ2n) is 7.43. The van der Waals surface area contributed by atoms with Gasteiger partial charge in [-0.1, -0.05) is 0 Å². The Hall–Kier alpha value is -3.68. The first kappa shape index (κ1) is 21.5. The van der Waals surface area contributed by atoms with Gasteiger partial charge in [0.15, 0.2) is 28.8 Å². The van der Waals surface area contributed by atoms with Crippen molar-refractivity contribution in [2.24, 2.45) is 5.92 Å². The summed E-state index contributed by atoms with van der Waals surface area (Å²) in [5.41, 5.74) is 2.60. The Bertz CT molecular complexity index is 1090. The van der Waals surface area contributed by atoms with E-state index in [2.05, 4.69) is 0 Å². The fourth-order valence-electron chi connectivity index (χ4n) is 4.35. The summed E-state index contributed by atoms with van der Waals surface area (Å²) in [6.45, 7) is 1.54. The van der Waals surface area contributed by atoms with Crippen LogP contribution < -0.4 is 23.7 Å². The van der Waals surface area contributed by atoms with Gasteiger partial charge in [0.1, 0.15) is 0 Å². The van der Waals surface area contributed by atoms with Crippen LogP contribution in [0.1, 0.15) is 29.5 Å². The highest BCUT2D eigenvalue weighted by atomic mass is 16.7. The molecule has 0 radical (unpaired) electrons. The van der Waals surface area contributed by atoms with E-state index in [1.165, 1.54) is 35.4 Å². The number of ketones is 1. The van der Waals surface area contributed by atoms with Crippen LogP contribution in [0.3, 0.4) is 0 Å². The fourth-order valence-corrected chi connectivity index (χ4v) is 4.35. The molecule has 0 spiro atoms. The maximum absolute atomic E-state index is 13.0. The van der Waals surface area contributed by atoms with Crippen LogP contribution in [0.4, 0.5) is 0 Å². The number of carbonyl (C=O) groups excluding carboxylic acids is 2. The largest absolute Gasteiger partial charge is 0.493 e. The highest BCUT2D eigenvalue weighted by Gasteiger charge is 2.42. The average Bonchev–Trinajstić information content (AvgIpc) is 3.27. The lowest BCUT2D eigenvalue weighted by Crippen LogP contribution is -2.31. The maximum atomic E-state index is 13.0. The minimum absolute atomic E-state index is 0.108. The predicted molar refractivity (Wildman–Crippen MR) is 115 cm³/mol. The lowest BCUT2D eigenvalue weighted by atomic mass is 9.70. The van der Waals surface area contributed by atoms with Gasteiger partial charge in [-0.2, -0.15) is 0 Å². The Balaban J connectivity index is 2.01. The fraction of sp³-hybridized carbons (Fsp3) is 0.333. The molecule has 0 unspecified atom stereocenters. The van der Waals surface area contributed by atoms with E-state index >= 15 is 0 Å². The van der Waals surface area contributed by atoms with E-state index < -0.39 is 17.8 Å². The second-order valence-corrected chi connectivity index (χ2v) is 7.43. The molecule has 2 aromatic rings. The van der Waals surface area contributed by atoms with Gasteiger partial charge >= 0.3 is 5.97 Å². The molecular formula is C24H24O8. The van der Waals surface area contributed by atoms with E-state index in [0.29, 0.717) is 39.9 Å². The molecule has 168 valence electrons. The summed E-state index contributed by atoms with van der Waals surface area (Å²) in [6.07, 6.45) is 1.72. The molecule has 4 rings (SSSR count). The number of methoxy groups -OCH3 is 4. The summed E-state index contributed by atoms with van der Waals surface area (Å²) in [5, 5.41) is 0. The number of fused-ring (bicyclic) bond motifs is 2. The number of rotatable bonds is 6. The summed E-state index contributed by atoms with van der Waals surface area (Å²) in [4.78, 5) is 25.6. The van der Waals surface area contributed by atoms with Gasteiger partial charge in [-0.3, -0.25) is 9.59 Å². The number of ether oxygens (including phenoxy) is 6. The molecule has 2 aliphatic rings. The average molecular weight is 440 g/mol. The number of Topliss-reactive ketones (excluding diaryl/α,β-unsaturated/α-hetero) is 1. The molecule has 32 heavy (non-hydrogen) atoms. The highest BCUT2D eigenvalue weighted by Crippen LogP contribution is 2.50. The third-order valence-corrected chi connectivity index (χ3v) is 5.80. The normalized spacial score (nSPS) is 18.3. The summed E-state index contributed by atoms with van der Waals surface area (Å²) >= 11 is 0. The third-order valence-electron chi connectivity index (χ3n) is 5.80. The number of benzene rings is 2. The van der Waals surface area contributed by atoms with Gasteiger partial charge in [0.2, 0.25) is 12.5 Å². The Morgan fingerprint density at radius 2 is 1.53 bits per heavy atom. The molecule has 0 N–H and O–H groups in total. The van der Waals surface area contributed by atoms with Gasteiger partial charge in [-0.25, -0.2) is 0 Å². The van der Waals surface area contributed by atoms with Crippen molar-refractivity contribution < 1.29 is 38.0 Å². The lowest BCUT2D eigenvalue weighted by molar-refractivity contribution is -0.145. The van der Waals surface area contributed by atoms with Crippen molar-refractivity contribution in [1.29, 1.82) is 0 Å². The molecule has 8 heteroatoms. The van der Waals surface area contributed by atoms with E-state index in [4.69, 9.17) is 28.4 Å². The molecule has 2 atom stereocenters. The number of hydrogen-bond acceptors (Lipinski definition) is 8. The van der Waals surface area contributed by atoms with Crippen LogP contribution in [-0.4, -0.2) is 47.0 Å². The first-order valence-corrected chi connectivity index (χ1v) is 9.97. The van der Waals surface area contributed by atoms with Gasteiger partial charge in [0.05, 0.1) is 34.4 Å². The highest BCUT2D eigenvalue weighted by molar-refractivity contribution is 6.05. The third kappa shape index (κ3) is 3.41. The summed E-state index contributed by atoms with van der Waals surface area (Å²) < 4.78 is 32.7. The zero-order valence-corrected chi connectivity index (χ0v) is 18.5. The maximum Gasteiger partial charge on any atom is 0.314 e. The van der Waals surface area contributed by atoms with E-state index in [9.17, 15) is 9.59 Å². The van der Waals surface area contributed by atoms with Crippen LogP contribution in [0.25, 0.3) is 6.08 Å². The zero-order chi connectivity index (χ0) is 23.0. The molecule has 0 saturated heterocycles. The van der Waals surface area contributed by atoms with E-state index in [1.54, 1.807) is 18.2 Å². The van der Waals surface area contributed by atoms with E-state index in [1.807, 2.05) is 12.1 Å². The Labute approximate surface area is 185 Å². The van der Waals surface area contributed by atoms with Gasteiger partial charge in [-0.05, 0) is 54.0 Å². The van der Waals surface area contributed by atoms with Gasteiger partial charge in [0.25, 0.3) is 0 Å². The molecule has 1 heterocycles. The van der Waals surface area contributed by atoms with Crippen molar-refractivity contribution in [3.63, 3.8) is 0 Å². The Morgan fingerprint density at radius 1 is 0.906 bits per heavy atom. The number of hydrogen-bond donors (Lipinski definition) is 0. The van der Waals surface area contributed by atoms with Gasteiger partial charge < -0.3 is 28.4 Å². The topological polar surface area (TPSA) is 89.5 Å². The van der Waals surface area contributed by atoms with Crippen LogP contribution >= 0.6 is 0 Å². The molecular weight excluding hydrogens is 416 g/mol. The van der Waals surface area contributed by atoms with Crippen LogP contribution in [-0.2, 0) is 14.3 Å². The molecule has 2 aromatic carbocycles. The lowest BCUT2D eigenvalue weighted by Gasteiger charge is -2.33. The standard InChI is InChI=1S/C24H24O8/c1-12(25)15-6-13-7-17-18(32-11-31-17)10-16(13)21(22(15)24(26)30-5)14-8-19(27-2)23(29-4)20(9-14)28-3/h6-10,21-22H,11H2,1-5H3/t21-,22-/m1/s1. The molecule has 0 saturated carbocycles. The van der Waals surface area contributed by atoms with Gasteiger partial charge in [-0.15, -0.1) is 0 Å². The molecule has 1 aliphatic heterocycles. The Morgan fingerprint density at radius 3 is 2.06 bits per heavy atom. The van der Waals surface area contributed by atoms with Gasteiger partial charge in [0, 0.05) is 11.5 Å². The molecule has 0 aromatic heterocycles. The summed E-state index contributed by atoms with van der Waals surface area (Å²) in [6, 6.07) is 7.22. The van der Waals surface area contributed by atoms with Crippen molar-refractivity contribution in [3.8, 4) is 28.7 Å². The summed E-state index contributed by atoms with van der Waals surface area (Å²) in [7, 11) is 5.87. The van der Waals surface area contributed by atoms with Crippen LogP contribution in [0, 0.1) is 5.92 Å². The van der Waals surface area contributed by atoms with Crippen molar-refractivity contribution in [1.82, 2.24) is 0 Å². The molecule has 0 fully saturated rings. The number of carbonyl (C=O) groups is 2. The molecule has 0 bridgehead atoms. The predicted octanol–water partition coefficient (Wildman–Crippen LogP) is 3.35. The minimum atomic E-state index is -0.867. The quantitative estimate of drug-likeness (QED) is 0.632. The van der Waals surface area contributed by atoms with Crippen LogP contribution in [0.5, 0.6) is 28.7 Å². The van der Waals surface area contributed by atoms with Crippen molar-refractivity contribution >= 4 is 17.8 Å². The number of esters is 1. The summed E-state index contributed by atoms with van der Waals surface area (Å²) in [5.74, 6) is 0.288. The van der Waals surface area contributed by atoms with Crippen molar-refractivity contribution in [3.05, 3.63) is 46.5 Å². The van der Waals surface area contributed by atoms with Crippen LogP contribution in [0.2, 0.25) is 0 Å². The van der Waals surface area contributed by atoms with Crippen molar-refractivity contribution in [2.75, 3.05) is 35.2 Å². The smallest absolute Gasteiger partial charge is 0.314 e. The first-order valence-electron chi connectivity index (χ1n) is 9.97. The monoisotopic (exact) mass is 440 g/mol. The SMILES string of the molecule is COC(=O)[C@@H]1C(C(C)=O)=Cc2cc3c(cc2[C@H]1c1cc(OC)c(OC)c(OC)c1)OCO3. The second kappa shape index (κ2) is 8.45. The Kier molecular flexibility index (Phi) is 5.69. The minimum Gasteiger partial charge on any atom is -0.493 e. The van der Waals surface area contributed by atoms with Crippen molar-refractivity contribution in [2.45, 2.75) is 12.8 Å². The zero-order valence-electron chi connectivity index (χ0n) is 18.5. The molecule has 1 aliphatic carbocycles. The first-order chi connectivity index (χ1) is 15.4. The van der Waals surface area contributed by atoms with E-state index in [-0.39, 0.29) is 12.6 Å². The van der Waals surface area contributed by atoms with Crippen LogP contribution in [0.15, 0.2) is 29.8 Å². The van der Waals surface area contributed by atoms with E-state index in [0.717, 1.165) is 11.1 Å². The molecule has 0 amide bonds. The molecule has 8 nitrogen and oxygen atoms in total.